The van der Waals surface area contributed by atoms with Crippen LogP contribution in [0.2, 0.25) is 0 Å². The fourth-order valence-electron chi connectivity index (χ4n) is 2.91. The molecule has 9 nitrogen and oxygen atoms in total. The Hall–Kier alpha value is -4.41. The summed E-state index contributed by atoms with van der Waals surface area (Å²) in [5.74, 6) is 3.58. The van der Waals surface area contributed by atoms with Gasteiger partial charge in [0.1, 0.15) is 24.1 Å². The van der Waals surface area contributed by atoms with Crippen LogP contribution >= 0.6 is 0 Å². The summed E-state index contributed by atoms with van der Waals surface area (Å²) in [4.78, 5) is 26.7. The molecule has 0 aliphatic heterocycles. The summed E-state index contributed by atoms with van der Waals surface area (Å²) in [6.45, 7) is -0.0151. The quantitative estimate of drug-likeness (QED) is 0.349. The van der Waals surface area contributed by atoms with Crippen LogP contribution in [-0.4, -0.2) is 43.0 Å². The maximum Gasteiger partial charge on any atom is 0.433 e. The van der Waals surface area contributed by atoms with Crippen molar-refractivity contribution >= 4 is 27.6 Å². The van der Waals surface area contributed by atoms with Crippen molar-refractivity contribution in [3.8, 4) is 17.6 Å². The van der Waals surface area contributed by atoms with Crippen LogP contribution in [0.5, 0.6) is 5.75 Å². The van der Waals surface area contributed by atoms with Crippen LogP contribution in [-0.2, 0) is 21.0 Å². The monoisotopic (exact) mass is 547 g/mol. The number of halogens is 3. The zero-order chi connectivity index (χ0) is 27.8. The molecule has 0 aliphatic carbocycles. The lowest BCUT2D eigenvalue weighted by atomic mass is 10.2. The van der Waals surface area contributed by atoms with E-state index in [1.165, 1.54) is 12.1 Å². The van der Waals surface area contributed by atoms with Gasteiger partial charge in [-0.15, -0.1) is 0 Å². The number of rotatable bonds is 9. The van der Waals surface area contributed by atoms with Crippen molar-refractivity contribution in [3.05, 3.63) is 84.2 Å². The van der Waals surface area contributed by atoms with Gasteiger partial charge in [-0.25, -0.2) is 8.42 Å². The minimum Gasteiger partial charge on any atom is -0.481 e. The first kappa shape index (κ1) is 28.2. The van der Waals surface area contributed by atoms with Gasteiger partial charge >= 0.3 is 12.1 Å². The van der Waals surface area contributed by atoms with Gasteiger partial charge in [-0.1, -0.05) is 30.0 Å². The van der Waals surface area contributed by atoms with E-state index >= 15 is 0 Å². The zero-order valence-corrected chi connectivity index (χ0v) is 20.2. The van der Waals surface area contributed by atoms with Crippen LogP contribution in [0.15, 0.2) is 77.8 Å². The first-order valence-corrected chi connectivity index (χ1v) is 12.3. The Kier molecular flexibility index (Phi) is 9.06. The Morgan fingerprint density at radius 2 is 1.68 bits per heavy atom. The minimum atomic E-state index is -4.65. The molecule has 0 aliphatic rings. The Balaban J connectivity index is 1.59. The average Bonchev–Trinajstić information content (AvgIpc) is 2.88. The SMILES string of the molecule is O=C(Nc1ccc(S(=O)(=O)NC(CC#CCOc2ccccc2)C(=O)O)cc1)c1ccc(C(F)(F)F)nc1. The molecule has 1 aromatic heterocycles. The molecule has 3 aromatic rings. The van der Waals surface area contributed by atoms with Gasteiger partial charge in [0.2, 0.25) is 10.0 Å². The summed E-state index contributed by atoms with van der Waals surface area (Å²) in [7, 11) is -4.27. The highest BCUT2D eigenvalue weighted by atomic mass is 32.2. The number of benzene rings is 2. The van der Waals surface area contributed by atoms with E-state index < -0.39 is 39.8 Å². The van der Waals surface area contributed by atoms with E-state index in [1.54, 1.807) is 24.3 Å². The lowest BCUT2D eigenvalue weighted by molar-refractivity contribution is -0.141. The number of carbonyl (C=O) groups is 2. The van der Waals surface area contributed by atoms with Gasteiger partial charge in [-0.3, -0.25) is 14.6 Å². The van der Waals surface area contributed by atoms with Crippen LogP contribution in [0, 0.1) is 11.8 Å². The number of pyridine rings is 1. The second kappa shape index (κ2) is 12.2. The molecule has 1 amide bonds. The molecular formula is C25H20F3N3O6S. The Labute approximate surface area is 215 Å². The van der Waals surface area contributed by atoms with Crippen molar-refractivity contribution in [2.45, 2.75) is 23.5 Å². The highest BCUT2D eigenvalue weighted by Gasteiger charge is 2.32. The van der Waals surface area contributed by atoms with Crippen molar-refractivity contribution in [3.63, 3.8) is 0 Å². The van der Waals surface area contributed by atoms with Gasteiger partial charge in [-0.2, -0.15) is 17.9 Å². The largest absolute Gasteiger partial charge is 0.481 e. The first-order valence-electron chi connectivity index (χ1n) is 10.8. The van der Waals surface area contributed by atoms with E-state index in [0.717, 1.165) is 24.4 Å². The number of sulfonamides is 1. The Morgan fingerprint density at radius 1 is 1.00 bits per heavy atom. The average molecular weight is 548 g/mol. The summed E-state index contributed by atoms with van der Waals surface area (Å²) in [6.07, 6.45) is -4.20. The van der Waals surface area contributed by atoms with Crippen molar-refractivity contribution < 1.29 is 41.0 Å². The van der Waals surface area contributed by atoms with Crippen molar-refractivity contribution in [2.24, 2.45) is 0 Å². The van der Waals surface area contributed by atoms with Gasteiger partial charge in [0.15, 0.2) is 0 Å². The number of carbonyl (C=O) groups excluding carboxylic acids is 1. The minimum absolute atomic E-state index is 0.0151. The van der Waals surface area contributed by atoms with Crippen LogP contribution in [0.1, 0.15) is 22.5 Å². The smallest absolute Gasteiger partial charge is 0.433 e. The highest BCUT2D eigenvalue weighted by molar-refractivity contribution is 7.89. The number of carboxylic acids is 1. The second-order valence-electron chi connectivity index (χ2n) is 7.58. The van der Waals surface area contributed by atoms with E-state index in [9.17, 15) is 36.3 Å². The normalized spacial score (nSPS) is 12.1. The molecule has 1 heterocycles. The molecule has 0 radical (unpaired) electrons. The van der Waals surface area contributed by atoms with Crippen molar-refractivity contribution in [2.75, 3.05) is 11.9 Å². The molecule has 198 valence electrons. The number of aromatic nitrogens is 1. The van der Waals surface area contributed by atoms with E-state index in [0.29, 0.717) is 11.8 Å². The molecule has 38 heavy (non-hydrogen) atoms. The fourth-order valence-corrected chi connectivity index (χ4v) is 4.10. The van der Waals surface area contributed by atoms with E-state index in [1.807, 2.05) is 6.07 Å². The number of hydrogen-bond acceptors (Lipinski definition) is 6. The molecule has 0 saturated carbocycles. The first-order chi connectivity index (χ1) is 18.0. The molecule has 1 atom stereocenters. The van der Waals surface area contributed by atoms with Crippen molar-refractivity contribution in [1.82, 2.24) is 9.71 Å². The lowest BCUT2D eigenvalue weighted by Gasteiger charge is -2.13. The molecule has 0 bridgehead atoms. The maximum absolute atomic E-state index is 12.7. The van der Waals surface area contributed by atoms with Crippen LogP contribution in [0.4, 0.5) is 18.9 Å². The fraction of sp³-hybridized carbons (Fsp3) is 0.160. The lowest BCUT2D eigenvalue weighted by Crippen LogP contribution is -2.40. The van der Waals surface area contributed by atoms with Gasteiger partial charge in [0, 0.05) is 18.3 Å². The molecule has 3 N–H and O–H groups in total. The number of hydrogen-bond donors (Lipinski definition) is 3. The van der Waals surface area contributed by atoms with Gasteiger partial charge in [-0.05, 0) is 48.5 Å². The van der Waals surface area contributed by atoms with Crippen LogP contribution in [0.3, 0.4) is 0 Å². The molecule has 0 fully saturated rings. The van der Waals surface area contributed by atoms with Gasteiger partial charge in [0.25, 0.3) is 5.91 Å². The molecule has 13 heteroatoms. The second-order valence-corrected chi connectivity index (χ2v) is 9.29. The third-order valence-electron chi connectivity index (χ3n) is 4.82. The number of nitrogens with zero attached hydrogens (tertiary/aromatic N) is 1. The van der Waals surface area contributed by atoms with E-state index in [-0.39, 0.29) is 29.2 Å². The number of alkyl halides is 3. The van der Waals surface area contributed by atoms with E-state index in [4.69, 9.17) is 4.74 Å². The third kappa shape index (κ3) is 8.05. The standard InChI is InChI=1S/C25H20F3N3O6S/c26-25(27,28)22-14-9-17(16-29-22)23(32)30-18-10-12-20(13-11-18)38(35,36)31-21(24(33)34)8-4-5-15-37-19-6-2-1-3-7-19/h1-3,6-7,9-14,16,21,31H,8,15H2,(H,30,32)(H,33,34). The molecule has 0 saturated heterocycles. The summed E-state index contributed by atoms with van der Waals surface area (Å²) in [5.41, 5.74) is -1.15. The van der Waals surface area contributed by atoms with Crippen LogP contribution < -0.4 is 14.8 Å². The number of nitrogens with one attached hydrogen (secondary N) is 2. The summed E-state index contributed by atoms with van der Waals surface area (Å²) in [5, 5.41) is 11.8. The maximum atomic E-state index is 12.7. The predicted molar refractivity (Wildman–Crippen MR) is 130 cm³/mol. The Morgan fingerprint density at radius 3 is 2.26 bits per heavy atom. The predicted octanol–water partition coefficient (Wildman–Crippen LogP) is 3.56. The van der Waals surface area contributed by atoms with E-state index in [2.05, 4.69) is 26.9 Å². The summed E-state index contributed by atoms with van der Waals surface area (Å²) < 4.78 is 70.6. The topological polar surface area (TPSA) is 135 Å². The third-order valence-corrected chi connectivity index (χ3v) is 6.31. The number of para-hydroxylation sites is 1. The summed E-state index contributed by atoms with van der Waals surface area (Å²) in [6, 6.07) is 13.6. The Bertz CT molecular complexity index is 1430. The number of aliphatic carboxylic acids is 1. The molecule has 0 spiro atoms. The molecule has 1 unspecified atom stereocenters. The highest BCUT2D eigenvalue weighted by Crippen LogP contribution is 2.27. The van der Waals surface area contributed by atoms with Gasteiger partial charge < -0.3 is 15.2 Å². The number of ether oxygens (including phenoxy) is 1. The number of anilines is 1. The van der Waals surface area contributed by atoms with Gasteiger partial charge in [0.05, 0.1) is 10.5 Å². The molecule has 3 rings (SSSR count). The van der Waals surface area contributed by atoms with Crippen LogP contribution in [0.25, 0.3) is 0 Å². The van der Waals surface area contributed by atoms with Crippen molar-refractivity contribution in [1.29, 1.82) is 0 Å². The molecule has 2 aromatic carbocycles. The number of amides is 1. The number of carboxylic acid groups (broad SMARTS) is 1. The summed E-state index contributed by atoms with van der Waals surface area (Å²) >= 11 is 0. The zero-order valence-electron chi connectivity index (χ0n) is 19.4. The molecular weight excluding hydrogens is 527 g/mol.